The van der Waals surface area contributed by atoms with Crippen LogP contribution in [0.3, 0.4) is 0 Å². The molecule has 3 unspecified atom stereocenters. The van der Waals surface area contributed by atoms with Gasteiger partial charge in [-0.3, -0.25) is 0 Å². The fraction of sp³-hybridized carbons (Fsp3) is 1.00. The largest absolute Gasteiger partial charge is 0.396 e. The minimum absolute atomic E-state index is 0.155. The van der Waals surface area contributed by atoms with Crippen molar-refractivity contribution in [3.05, 3.63) is 0 Å². The Morgan fingerprint density at radius 3 is 2.79 bits per heavy atom. The van der Waals surface area contributed by atoms with Gasteiger partial charge in [0.25, 0.3) is 0 Å². The molecule has 19 heavy (non-hydrogen) atoms. The Morgan fingerprint density at radius 2 is 2.16 bits per heavy atom. The Labute approximate surface area is 118 Å². The average molecular weight is 269 g/mol. The minimum Gasteiger partial charge on any atom is -0.396 e. The maximum Gasteiger partial charge on any atom is 0.0506 e. The van der Waals surface area contributed by atoms with Crippen molar-refractivity contribution < 1.29 is 9.84 Å². The first-order valence-electron chi connectivity index (χ1n) is 8.01. The molecular weight excluding hydrogens is 238 g/mol. The van der Waals surface area contributed by atoms with Crippen LogP contribution in [-0.4, -0.2) is 50.0 Å². The molecule has 1 saturated carbocycles. The van der Waals surface area contributed by atoms with E-state index in [0.717, 1.165) is 32.2 Å². The number of rotatable bonds is 5. The van der Waals surface area contributed by atoms with Gasteiger partial charge in [0.05, 0.1) is 6.61 Å². The molecule has 1 aliphatic heterocycles. The molecular formula is C16H31NO2. The smallest absolute Gasteiger partial charge is 0.0506 e. The van der Waals surface area contributed by atoms with Crippen LogP contribution in [0.1, 0.15) is 45.4 Å². The van der Waals surface area contributed by atoms with E-state index >= 15 is 0 Å². The molecule has 1 aliphatic carbocycles. The molecule has 3 heteroatoms. The van der Waals surface area contributed by atoms with Crippen molar-refractivity contribution in [3.8, 4) is 0 Å². The molecule has 1 heterocycles. The predicted octanol–water partition coefficient (Wildman–Crippen LogP) is 2.53. The summed E-state index contributed by atoms with van der Waals surface area (Å²) in [5.74, 6) is 1.46. The summed E-state index contributed by atoms with van der Waals surface area (Å²) >= 11 is 0. The summed E-state index contributed by atoms with van der Waals surface area (Å²) < 4.78 is 5.57. The van der Waals surface area contributed by atoms with Crippen LogP contribution in [-0.2, 0) is 4.74 Å². The Hall–Kier alpha value is -0.120. The van der Waals surface area contributed by atoms with Crippen LogP contribution in [0.15, 0.2) is 0 Å². The number of hydrogen-bond donors (Lipinski definition) is 1. The number of aliphatic hydroxyl groups excluding tert-OH is 1. The average Bonchev–Trinajstić information content (AvgIpc) is 2.39. The third-order valence-electron chi connectivity index (χ3n) is 4.95. The van der Waals surface area contributed by atoms with Gasteiger partial charge in [0.2, 0.25) is 0 Å². The molecule has 2 fully saturated rings. The van der Waals surface area contributed by atoms with E-state index in [0.29, 0.717) is 12.5 Å². The maximum absolute atomic E-state index is 9.86. The van der Waals surface area contributed by atoms with Crippen molar-refractivity contribution in [3.63, 3.8) is 0 Å². The number of ether oxygens (including phenoxy) is 1. The van der Waals surface area contributed by atoms with E-state index in [9.17, 15) is 5.11 Å². The van der Waals surface area contributed by atoms with E-state index in [2.05, 4.69) is 18.9 Å². The zero-order valence-corrected chi connectivity index (χ0v) is 12.7. The Bertz CT molecular complexity index is 265. The van der Waals surface area contributed by atoms with Gasteiger partial charge in [-0.1, -0.05) is 19.8 Å². The van der Waals surface area contributed by atoms with Crippen molar-refractivity contribution in [2.24, 2.45) is 17.3 Å². The molecule has 112 valence electrons. The van der Waals surface area contributed by atoms with Crippen LogP contribution >= 0.6 is 0 Å². The normalized spacial score (nSPS) is 36.6. The molecule has 2 rings (SSSR count). The SMILES string of the molecule is CC1CCCC(CO)(CN(C)CC2CCCOC2)C1. The van der Waals surface area contributed by atoms with Gasteiger partial charge in [0.1, 0.15) is 0 Å². The molecule has 0 amide bonds. The first-order valence-corrected chi connectivity index (χ1v) is 8.01. The summed E-state index contributed by atoms with van der Waals surface area (Å²) in [7, 11) is 2.21. The van der Waals surface area contributed by atoms with Crippen molar-refractivity contribution in [1.82, 2.24) is 4.90 Å². The molecule has 3 nitrogen and oxygen atoms in total. The van der Waals surface area contributed by atoms with E-state index in [1.165, 1.54) is 38.5 Å². The van der Waals surface area contributed by atoms with E-state index in [1.54, 1.807) is 0 Å². The second-order valence-electron chi connectivity index (χ2n) is 7.14. The molecule has 0 spiro atoms. The van der Waals surface area contributed by atoms with Crippen LogP contribution in [0.2, 0.25) is 0 Å². The fourth-order valence-corrected chi connectivity index (χ4v) is 4.14. The quantitative estimate of drug-likeness (QED) is 0.832. The van der Waals surface area contributed by atoms with E-state index < -0.39 is 0 Å². The standard InChI is InChI=1S/C16H31NO2/c1-14-5-3-7-16(9-14,13-18)12-17(2)10-15-6-4-8-19-11-15/h14-15,18H,3-13H2,1-2H3. The summed E-state index contributed by atoms with van der Waals surface area (Å²) in [6.07, 6.45) is 7.51. The van der Waals surface area contributed by atoms with Crippen LogP contribution < -0.4 is 0 Å². The van der Waals surface area contributed by atoms with Gasteiger partial charge >= 0.3 is 0 Å². The molecule has 0 bridgehead atoms. The number of hydrogen-bond acceptors (Lipinski definition) is 3. The number of nitrogens with zero attached hydrogens (tertiary/aromatic N) is 1. The number of aliphatic hydroxyl groups is 1. The van der Waals surface area contributed by atoms with E-state index in [4.69, 9.17) is 4.74 Å². The van der Waals surface area contributed by atoms with Crippen molar-refractivity contribution in [1.29, 1.82) is 0 Å². The van der Waals surface area contributed by atoms with Crippen molar-refractivity contribution >= 4 is 0 Å². The van der Waals surface area contributed by atoms with Crippen LogP contribution in [0, 0.1) is 17.3 Å². The first-order chi connectivity index (χ1) is 9.13. The second kappa shape index (κ2) is 7.05. The Morgan fingerprint density at radius 1 is 1.32 bits per heavy atom. The maximum atomic E-state index is 9.86. The van der Waals surface area contributed by atoms with Gasteiger partial charge in [0, 0.05) is 31.7 Å². The first kappa shape index (κ1) is 15.3. The van der Waals surface area contributed by atoms with Gasteiger partial charge in [0.15, 0.2) is 0 Å². The lowest BCUT2D eigenvalue weighted by molar-refractivity contribution is 0.00820. The highest BCUT2D eigenvalue weighted by atomic mass is 16.5. The highest BCUT2D eigenvalue weighted by molar-refractivity contribution is 4.87. The lowest BCUT2D eigenvalue weighted by Crippen LogP contribution is -2.43. The van der Waals surface area contributed by atoms with E-state index in [1.807, 2.05) is 0 Å². The molecule has 0 aromatic heterocycles. The topological polar surface area (TPSA) is 32.7 Å². The van der Waals surface area contributed by atoms with E-state index in [-0.39, 0.29) is 5.41 Å². The molecule has 0 aromatic rings. The van der Waals surface area contributed by atoms with Gasteiger partial charge < -0.3 is 14.7 Å². The third kappa shape index (κ3) is 4.44. The van der Waals surface area contributed by atoms with Crippen molar-refractivity contribution in [2.45, 2.75) is 45.4 Å². The van der Waals surface area contributed by atoms with Gasteiger partial charge in [-0.05, 0) is 44.6 Å². The molecule has 2 aliphatic rings. The minimum atomic E-state index is 0.155. The molecule has 0 aromatic carbocycles. The zero-order chi connectivity index (χ0) is 13.7. The summed E-state index contributed by atoms with van der Waals surface area (Å²) in [4.78, 5) is 2.44. The summed E-state index contributed by atoms with van der Waals surface area (Å²) in [5, 5.41) is 9.86. The van der Waals surface area contributed by atoms with Crippen LogP contribution in [0.5, 0.6) is 0 Å². The second-order valence-corrected chi connectivity index (χ2v) is 7.14. The third-order valence-corrected chi connectivity index (χ3v) is 4.95. The molecule has 1 N–H and O–H groups in total. The molecule has 1 saturated heterocycles. The lowest BCUT2D eigenvalue weighted by Gasteiger charge is -2.42. The highest BCUT2D eigenvalue weighted by Gasteiger charge is 2.35. The van der Waals surface area contributed by atoms with Gasteiger partial charge in [-0.25, -0.2) is 0 Å². The summed E-state index contributed by atoms with van der Waals surface area (Å²) in [6, 6.07) is 0. The predicted molar refractivity (Wildman–Crippen MR) is 78.2 cm³/mol. The summed E-state index contributed by atoms with van der Waals surface area (Å²) in [6.45, 7) is 6.72. The molecule has 3 atom stereocenters. The Kier molecular flexibility index (Phi) is 5.67. The van der Waals surface area contributed by atoms with Gasteiger partial charge in [-0.2, -0.15) is 0 Å². The summed E-state index contributed by atoms with van der Waals surface area (Å²) in [5.41, 5.74) is 0.155. The van der Waals surface area contributed by atoms with Crippen molar-refractivity contribution in [2.75, 3.05) is 40.0 Å². The Balaban J connectivity index is 1.82. The van der Waals surface area contributed by atoms with Crippen LogP contribution in [0.25, 0.3) is 0 Å². The molecule has 0 radical (unpaired) electrons. The van der Waals surface area contributed by atoms with Gasteiger partial charge in [-0.15, -0.1) is 0 Å². The monoisotopic (exact) mass is 269 g/mol. The fourth-order valence-electron chi connectivity index (χ4n) is 4.14. The van der Waals surface area contributed by atoms with Crippen LogP contribution in [0.4, 0.5) is 0 Å². The lowest BCUT2D eigenvalue weighted by atomic mass is 9.70. The highest BCUT2D eigenvalue weighted by Crippen LogP contribution is 2.39. The zero-order valence-electron chi connectivity index (χ0n) is 12.7.